The van der Waals surface area contributed by atoms with E-state index in [2.05, 4.69) is 29.6 Å². The standard InChI is InChI=1S/C31H40N4O5/c1-8-20(2)22-9-13-24(14-10-22)35(28(37)18-17-27(36)32-26-19-21(3)40-34-26)29(30(38)33-31(4,5)6)23-11-15-25(39-7)16-12-23/h9-16,19-20,29H,8,17-18H2,1-7H3,(H,33,38)(H,32,34,36). The van der Waals surface area contributed by atoms with Crippen LogP contribution in [0.15, 0.2) is 59.1 Å². The molecule has 0 aliphatic heterocycles. The Hall–Kier alpha value is -4.14. The van der Waals surface area contributed by atoms with Crippen LogP contribution in [0.3, 0.4) is 0 Å². The zero-order valence-corrected chi connectivity index (χ0v) is 24.4. The van der Waals surface area contributed by atoms with Crippen LogP contribution in [0.2, 0.25) is 0 Å². The molecule has 0 saturated heterocycles. The zero-order valence-electron chi connectivity index (χ0n) is 24.4. The van der Waals surface area contributed by atoms with Crippen LogP contribution < -0.4 is 20.3 Å². The first-order valence-corrected chi connectivity index (χ1v) is 13.5. The van der Waals surface area contributed by atoms with Crippen molar-refractivity contribution in [2.75, 3.05) is 17.3 Å². The van der Waals surface area contributed by atoms with E-state index in [-0.39, 0.29) is 36.4 Å². The molecule has 0 aliphatic rings. The summed E-state index contributed by atoms with van der Waals surface area (Å²) in [6, 6.07) is 15.4. The Labute approximate surface area is 236 Å². The quantitative estimate of drug-likeness (QED) is 0.308. The summed E-state index contributed by atoms with van der Waals surface area (Å²) >= 11 is 0. The highest BCUT2D eigenvalue weighted by molar-refractivity contribution is 6.03. The summed E-state index contributed by atoms with van der Waals surface area (Å²) < 4.78 is 10.3. The Bertz CT molecular complexity index is 1290. The van der Waals surface area contributed by atoms with E-state index in [1.165, 1.54) is 4.90 Å². The number of nitrogens with one attached hydrogen (secondary N) is 2. The van der Waals surface area contributed by atoms with Gasteiger partial charge in [-0.05, 0) is 75.4 Å². The first-order valence-electron chi connectivity index (χ1n) is 13.5. The fraction of sp³-hybridized carbons (Fsp3) is 0.419. The minimum Gasteiger partial charge on any atom is -0.497 e. The molecule has 0 spiro atoms. The number of rotatable bonds is 11. The predicted octanol–water partition coefficient (Wildman–Crippen LogP) is 5.91. The second kappa shape index (κ2) is 13.3. The summed E-state index contributed by atoms with van der Waals surface area (Å²) in [5.41, 5.74) is 1.78. The highest BCUT2D eigenvalue weighted by Crippen LogP contribution is 2.32. The number of aromatic nitrogens is 1. The molecule has 1 heterocycles. The maximum absolute atomic E-state index is 13.9. The van der Waals surface area contributed by atoms with Gasteiger partial charge < -0.3 is 19.9 Å². The summed E-state index contributed by atoms with van der Waals surface area (Å²) in [7, 11) is 1.57. The molecule has 2 unspecified atom stereocenters. The molecule has 214 valence electrons. The van der Waals surface area contributed by atoms with Crippen molar-refractivity contribution >= 4 is 29.2 Å². The van der Waals surface area contributed by atoms with E-state index in [0.717, 1.165) is 12.0 Å². The molecule has 0 fully saturated rings. The monoisotopic (exact) mass is 548 g/mol. The Morgan fingerprint density at radius 3 is 2.15 bits per heavy atom. The van der Waals surface area contributed by atoms with Gasteiger partial charge in [0.25, 0.3) is 0 Å². The summed E-state index contributed by atoms with van der Waals surface area (Å²) in [5, 5.41) is 9.44. The average Bonchev–Trinajstić information content (AvgIpc) is 3.33. The Balaban J connectivity index is 1.99. The van der Waals surface area contributed by atoms with Gasteiger partial charge in [0.1, 0.15) is 17.6 Å². The number of amides is 3. The largest absolute Gasteiger partial charge is 0.497 e. The number of anilines is 2. The van der Waals surface area contributed by atoms with E-state index >= 15 is 0 Å². The first-order chi connectivity index (χ1) is 18.9. The number of hydrogen-bond donors (Lipinski definition) is 2. The number of benzene rings is 2. The van der Waals surface area contributed by atoms with Gasteiger partial charge in [0, 0.05) is 30.1 Å². The van der Waals surface area contributed by atoms with Crippen molar-refractivity contribution in [1.29, 1.82) is 0 Å². The van der Waals surface area contributed by atoms with Crippen LogP contribution in [-0.2, 0) is 14.4 Å². The number of ether oxygens (including phenoxy) is 1. The number of methoxy groups -OCH3 is 1. The number of hydrogen-bond acceptors (Lipinski definition) is 6. The first kappa shape index (κ1) is 30.4. The van der Waals surface area contributed by atoms with Crippen molar-refractivity contribution in [2.45, 2.75) is 78.3 Å². The van der Waals surface area contributed by atoms with Crippen LogP contribution in [-0.4, -0.2) is 35.5 Å². The van der Waals surface area contributed by atoms with Crippen molar-refractivity contribution in [1.82, 2.24) is 10.5 Å². The van der Waals surface area contributed by atoms with Crippen LogP contribution in [0.1, 0.15) is 82.7 Å². The van der Waals surface area contributed by atoms with Gasteiger partial charge in [-0.25, -0.2) is 0 Å². The van der Waals surface area contributed by atoms with Crippen molar-refractivity contribution in [3.05, 3.63) is 71.5 Å². The fourth-order valence-electron chi connectivity index (χ4n) is 4.25. The molecule has 2 atom stereocenters. The van der Waals surface area contributed by atoms with Crippen molar-refractivity contribution in [2.24, 2.45) is 0 Å². The molecular weight excluding hydrogens is 508 g/mol. The van der Waals surface area contributed by atoms with Gasteiger partial charge >= 0.3 is 0 Å². The van der Waals surface area contributed by atoms with E-state index in [1.54, 1.807) is 44.4 Å². The van der Waals surface area contributed by atoms with Gasteiger partial charge in [-0.15, -0.1) is 0 Å². The lowest BCUT2D eigenvalue weighted by Crippen LogP contribution is -2.49. The van der Waals surface area contributed by atoms with Crippen molar-refractivity contribution < 1.29 is 23.6 Å². The molecule has 9 nitrogen and oxygen atoms in total. The third-order valence-corrected chi connectivity index (χ3v) is 6.52. The number of carbonyl (C=O) groups is 3. The molecule has 0 radical (unpaired) electrons. The average molecular weight is 549 g/mol. The summed E-state index contributed by atoms with van der Waals surface area (Å²) in [6.07, 6.45) is 0.762. The van der Waals surface area contributed by atoms with E-state index in [0.29, 0.717) is 28.7 Å². The normalized spacial score (nSPS) is 12.8. The molecule has 3 aromatic rings. The van der Waals surface area contributed by atoms with Crippen LogP contribution >= 0.6 is 0 Å². The molecule has 3 amide bonds. The Morgan fingerprint density at radius 2 is 1.62 bits per heavy atom. The van der Waals surface area contributed by atoms with Gasteiger partial charge in [0.05, 0.1) is 7.11 Å². The summed E-state index contributed by atoms with van der Waals surface area (Å²) in [5.74, 6) is 0.748. The van der Waals surface area contributed by atoms with Gasteiger partial charge in [-0.3, -0.25) is 19.3 Å². The number of aryl methyl sites for hydroxylation is 1. The van der Waals surface area contributed by atoms with Gasteiger partial charge in [0.2, 0.25) is 17.7 Å². The second-order valence-corrected chi connectivity index (χ2v) is 11.0. The van der Waals surface area contributed by atoms with Crippen LogP contribution in [0.25, 0.3) is 0 Å². The Morgan fingerprint density at radius 1 is 1.00 bits per heavy atom. The maximum atomic E-state index is 13.9. The van der Waals surface area contributed by atoms with Gasteiger partial charge in [-0.1, -0.05) is 43.3 Å². The van der Waals surface area contributed by atoms with Crippen LogP contribution in [0.4, 0.5) is 11.5 Å². The van der Waals surface area contributed by atoms with Gasteiger partial charge in [0.15, 0.2) is 5.82 Å². The third kappa shape index (κ3) is 8.18. The molecule has 1 aromatic heterocycles. The lowest BCUT2D eigenvalue weighted by atomic mass is 9.97. The highest BCUT2D eigenvalue weighted by Gasteiger charge is 2.34. The number of nitrogens with zero attached hydrogens (tertiary/aromatic N) is 2. The molecular formula is C31H40N4O5. The molecule has 2 aromatic carbocycles. The van der Waals surface area contributed by atoms with Crippen molar-refractivity contribution in [3.8, 4) is 5.75 Å². The van der Waals surface area contributed by atoms with Gasteiger partial charge in [-0.2, -0.15) is 0 Å². The lowest BCUT2D eigenvalue weighted by Gasteiger charge is -2.34. The fourth-order valence-corrected chi connectivity index (χ4v) is 4.25. The predicted molar refractivity (Wildman–Crippen MR) is 155 cm³/mol. The smallest absolute Gasteiger partial charge is 0.248 e. The van der Waals surface area contributed by atoms with Crippen LogP contribution in [0, 0.1) is 6.92 Å². The lowest BCUT2D eigenvalue weighted by molar-refractivity contribution is -0.128. The molecule has 40 heavy (non-hydrogen) atoms. The molecule has 0 bridgehead atoms. The van der Waals surface area contributed by atoms with E-state index < -0.39 is 11.6 Å². The highest BCUT2D eigenvalue weighted by atomic mass is 16.5. The summed E-state index contributed by atoms with van der Waals surface area (Å²) in [4.78, 5) is 41.8. The van der Waals surface area contributed by atoms with Crippen LogP contribution in [0.5, 0.6) is 5.75 Å². The SMILES string of the molecule is CCC(C)c1ccc(N(C(=O)CCC(=O)Nc2cc(C)on2)C(C(=O)NC(C)(C)C)c2ccc(OC)cc2)cc1. The van der Waals surface area contributed by atoms with E-state index in [1.807, 2.05) is 45.0 Å². The molecule has 0 saturated carbocycles. The molecule has 2 N–H and O–H groups in total. The van der Waals surface area contributed by atoms with E-state index in [9.17, 15) is 14.4 Å². The maximum Gasteiger partial charge on any atom is 0.248 e. The second-order valence-electron chi connectivity index (χ2n) is 11.0. The number of carbonyl (C=O) groups excluding carboxylic acids is 3. The summed E-state index contributed by atoms with van der Waals surface area (Å²) in [6.45, 7) is 11.6. The molecule has 0 aliphatic carbocycles. The third-order valence-electron chi connectivity index (χ3n) is 6.52. The van der Waals surface area contributed by atoms with E-state index in [4.69, 9.17) is 9.26 Å². The molecule has 3 rings (SSSR count). The zero-order chi connectivity index (χ0) is 29.4. The minimum atomic E-state index is -0.978. The van der Waals surface area contributed by atoms with Crippen molar-refractivity contribution in [3.63, 3.8) is 0 Å². The Kier molecular flexibility index (Phi) is 10.1. The molecule has 9 heteroatoms. The minimum absolute atomic E-state index is 0.0948. The topological polar surface area (TPSA) is 114 Å².